The van der Waals surface area contributed by atoms with Crippen molar-refractivity contribution in [2.24, 2.45) is 0 Å². The molecule has 9 nitrogen and oxygen atoms in total. The number of halogens is 1. The van der Waals surface area contributed by atoms with E-state index in [1.165, 1.54) is 24.3 Å². The molecule has 3 rings (SSSR count). The first-order valence-electron chi connectivity index (χ1n) is 8.15. The van der Waals surface area contributed by atoms with Crippen LogP contribution in [0.1, 0.15) is 21.2 Å². The minimum Gasteiger partial charge on any atom is -0.272 e. The molecular weight excluding hydrogens is 442 g/mol. The highest BCUT2D eigenvalue weighted by Gasteiger charge is 2.36. The van der Waals surface area contributed by atoms with Crippen molar-refractivity contribution in [2.75, 3.05) is 11.5 Å². The molecule has 2 amide bonds. The quantitative estimate of drug-likeness (QED) is 0.521. The molecule has 0 saturated heterocycles. The third-order valence-electron chi connectivity index (χ3n) is 4.11. The number of amides is 2. The highest BCUT2D eigenvalue weighted by atomic mass is 35.5. The fraction of sp³-hybridized carbons (Fsp3) is 0.176. The minimum absolute atomic E-state index is 0.0865. The van der Waals surface area contributed by atoms with Gasteiger partial charge >= 0.3 is 0 Å². The number of sulfone groups is 1. The molecule has 0 fully saturated rings. The number of hydrogen-bond acceptors (Lipinski definition) is 7. The monoisotopic (exact) mass is 455 g/mol. The maximum atomic E-state index is 12.3. The third-order valence-corrected chi connectivity index (χ3v) is 7.70. The van der Waals surface area contributed by atoms with E-state index < -0.39 is 31.8 Å². The SMILES string of the molecule is O=C(CS[C@H]1CS(=O)(=O)c2cc([N+](=O)[O-])ccc21)NNC(=O)c1ccccc1Cl. The Hall–Kier alpha value is -2.63. The van der Waals surface area contributed by atoms with Gasteiger partial charge < -0.3 is 0 Å². The summed E-state index contributed by atoms with van der Waals surface area (Å²) in [5.74, 6) is -1.51. The van der Waals surface area contributed by atoms with E-state index in [4.69, 9.17) is 11.6 Å². The first kappa shape index (κ1) is 21.1. The van der Waals surface area contributed by atoms with Gasteiger partial charge in [0.1, 0.15) is 0 Å². The Kier molecular flexibility index (Phi) is 6.10. The Morgan fingerprint density at radius 1 is 1.21 bits per heavy atom. The minimum atomic E-state index is -3.67. The van der Waals surface area contributed by atoms with E-state index in [1.807, 2.05) is 0 Å². The molecule has 1 heterocycles. The number of fused-ring (bicyclic) bond motifs is 1. The Bertz CT molecular complexity index is 1110. The van der Waals surface area contributed by atoms with E-state index in [0.29, 0.717) is 5.56 Å². The number of hydrazine groups is 1. The summed E-state index contributed by atoms with van der Waals surface area (Å²) in [4.78, 5) is 34.2. The second kappa shape index (κ2) is 8.39. The van der Waals surface area contributed by atoms with E-state index >= 15 is 0 Å². The van der Waals surface area contributed by atoms with Crippen LogP contribution in [-0.2, 0) is 14.6 Å². The van der Waals surface area contributed by atoms with E-state index in [0.717, 1.165) is 17.8 Å². The summed E-state index contributed by atoms with van der Waals surface area (Å²) < 4.78 is 24.6. The summed E-state index contributed by atoms with van der Waals surface area (Å²) in [7, 11) is -3.67. The van der Waals surface area contributed by atoms with Gasteiger partial charge in [-0.1, -0.05) is 23.7 Å². The smallest absolute Gasteiger partial charge is 0.271 e. The molecule has 1 atom stereocenters. The van der Waals surface area contributed by atoms with Crippen LogP contribution in [0, 0.1) is 10.1 Å². The summed E-state index contributed by atoms with van der Waals surface area (Å²) in [5, 5.41) is 10.6. The maximum Gasteiger partial charge on any atom is 0.271 e. The van der Waals surface area contributed by atoms with Gasteiger partial charge in [0.2, 0.25) is 5.91 Å². The predicted octanol–water partition coefficient (Wildman–Crippen LogP) is 2.27. The van der Waals surface area contributed by atoms with Crippen molar-refractivity contribution in [1.29, 1.82) is 0 Å². The molecule has 1 aliphatic heterocycles. The van der Waals surface area contributed by atoms with Crippen LogP contribution >= 0.6 is 23.4 Å². The van der Waals surface area contributed by atoms with Crippen LogP contribution in [0.5, 0.6) is 0 Å². The largest absolute Gasteiger partial charge is 0.272 e. The number of carbonyl (C=O) groups is 2. The number of non-ortho nitro benzene ring substituents is 1. The van der Waals surface area contributed by atoms with Gasteiger partial charge in [-0.05, 0) is 23.8 Å². The van der Waals surface area contributed by atoms with Crippen LogP contribution in [0.4, 0.5) is 5.69 Å². The average molecular weight is 456 g/mol. The molecule has 152 valence electrons. The van der Waals surface area contributed by atoms with Crippen molar-refractivity contribution >= 4 is 50.7 Å². The van der Waals surface area contributed by atoms with Crippen molar-refractivity contribution < 1.29 is 22.9 Å². The Labute approximate surface area is 174 Å². The summed E-state index contributed by atoms with van der Waals surface area (Å²) in [6.45, 7) is 0. The summed E-state index contributed by atoms with van der Waals surface area (Å²) in [6, 6.07) is 9.99. The Balaban J connectivity index is 1.60. The zero-order chi connectivity index (χ0) is 21.2. The van der Waals surface area contributed by atoms with Crippen molar-refractivity contribution in [3.05, 3.63) is 68.7 Å². The third kappa shape index (κ3) is 4.69. The Morgan fingerprint density at radius 2 is 1.93 bits per heavy atom. The summed E-state index contributed by atoms with van der Waals surface area (Å²) in [5.41, 5.74) is 4.80. The van der Waals surface area contributed by atoms with Gasteiger partial charge in [0.15, 0.2) is 9.84 Å². The van der Waals surface area contributed by atoms with E-state index in [1.54, 1.807) is 12.1 Å². The molecule has 0 bridgehead atoms. The zero-order valence-electron chi connectivity index (χ0n) is 14.6. The van der Waals surface area contributed by atoms with Crippen molar-refractivity contribution in [1.82, 2.24) is 10.9 Å². The molecule has 2 aromatic carbocycles. The predicted molar refractivity (Wildman–Crippen MR) is 107 cm³/mol. The molecule has 0 spiro atoms. The molecule has 12 heteroatoms. The van der Waals surface area contributed by atoms with Crippen LogP contribution in [0.3, 0.4) is 0 Å². The van der Waals surface area contributed by atoms with Crippen molar-refractivity contribution in [3.8, 4) is 0 Å². The summed E-state index contributed by atoms with van der Waals surface area (Å²) in [6.07, 6.45) is 0. The molecule has 29 heavy (non-hydrogen) atoms. The maximum absolute atomic E-state index is 12.3. The highest BCUT2D eigenvalue weighted by molar-refractivity contribution is 8.02. The fourth-order valence-corrected chi connectivity index (χ4v) is 6.40. The van der Waals surface area contributed by atoms with Crippen molar-refractivity contribution in [3.63, 3.8) is 0 Å². The average Bonchev–Trinajstić information content (AvgIpc) is 2.94. The molecule has 1 aliphatic rings. The lowest BCUT2D eigenvalue weighted by atomic mass is 10.1. The molecule has 0 aromatic heterocycles. The number of nitro benzene ring substituents is 1. The van der Waals surface area contributed by atoms with Gasteiger partial charge in [0.05, 0.1) is 31.9 Å². The van der Waals surface area contributed by atoms with Crippen LogP contribution in [0.25, 0.3) is 0 Å². The van der Waals surface area contributed by atoms with Gasteiger partial charge in [0.25, 0.3) is 11.6 Å². The molecule has 2 aromatic rings. The van der Waals surface area contributed by atoms with Gasteiger partial charge in [-0.3, -0.25) is 30.6 Å². The lowest BCUT2D eigenvalue weighted by molar-refractivity contribution is -0.385. The Morgan fingerprint density at radius 3 is 2.62 bits per heavy atom. The van der Waals surface area contributed by atoms with Gasteiger partial charge in [-0.15, -0.1) is 11.8 Å². The van der Waals surface area contributed by atoms with E-state index in [-0.39, 0.29) is 32.7 Å². The second-order valence-electron chi connectivity index (χ2n) is 6.04. The molecule has 0 aliphatic carbocycles. The van der Waals surface area contributed by atoms with Crippen LogP contribution in [0.15, 0.2) is 47.4 Å². The molecule has 0 unspecified atom stereocenters. The zero-order valence-corrected chi connectivity index (χ0v) is 17.0. The van der Waals surface area contributed by atoms with E-state index in [9.17, 15) is 28.1 Å². The van der Waals surface area contributed by atoms with E-state index in [2.05, 4.69) is 10.9 Å². The van der Waals surface area contributed by atoms with Gasteiger partial charge in [-0.2, -0.15) is 0 Å². The molecule has 2 N–H and O–H groups in total. The first-order chi connectivity index (χ1) is 13.7. The number of carbonyl (C=O) groups excluding carboxylic acids is 2. The van der Waals surface area contributed by atoms with Crippen LogP contribution < -0.4 is 10.9 Å². The number of nitro groups is 1. The number of nitrogens with zero attached hydrogens (tertiary/aromatic N) is 1. The van der Waals surface area contributed by atoms with Crippen molar-refractivity contribution in [2.45, 2.75) is 10.1 Å². The van der Waals surface area contributed by atoms with Crippen LogP contribution in [0.2, 0.25) is 5.02 Å². The number of thioether (sulfide) groups is 1. The van der Waals surface area contributed by atoms with Crippen LogP contribution in [-0.4, -0.2) is 36.7 Å². The lowest BCUT2D eigenvalue weighted by Gasteiger charge is -2.11. The number of hydrogen-bond donors (Lipinski definition) is 2. The first-order valence-corrected chi connectivity index (χ1v) is 11.2. The molecule has 0 radical (unpaired) electrons. The molecule has 0 saturated carbocycles. The van der Waals surface area contributed by atoms with Gasteiger partial charge in [-0.25, -0.2) is 8.42 Å². The van der Waals surface area contributed by atoms with Gasteiger partial charge in [0, 0.05) is 17.4 Å². The number of rotatable bonds is 5. The molecular formula is C17H14ClN3O6S2. The second-order valence-corrected chi connectivity index (χ2v) is 9.64. The lowest BCUT2D eigenvalue weighted by Crippen LogP contribution is -2.42. The topological polar surface area (TPSA) is 135 Å². The summed E-state index contributed by atoms with van der Waals surface area (Å²) >= 11 is 6.97. The fourth-order valence-electron chi connectivity index (χ4n) is 2.74. The standard InChI is InChI=1S/C17H14ClN3O6S2/c18-13-4-2-1-3-11(13)17(23)20-19-16(22)8-28-14-9-29(26,27)15-7-10(21(24)25)5-6-12(14)15/h1-7,14H,8-9H2,(H,19,22)(H,20,23)/t14-/m0/s1. The number of nitrogens with one attached hydrogen (secondary N) is 2. The highest BCUT2D eigenvalue weighted by Crippen LogP contribution is 2.43. The normalized spacial score (nSPS) is 16.7. The number of benzene rings is 2.